The zero-order valence-electron chi connectivity index (χ0n) is 14.5. The van der Waals surface area contributed by atoms with Gasteiger partial charge in [0.2, 0.25) is 15.9 Å². The number of para-hydroxylation sites is 4. The Hall–Kier alpha value is -3.07. The molecule has 2 aromatic rings. The number of hydrogen-bond donors (Lipinski definition) is 1. The van der Waals surface area contributed by atoms with Crippen LogP contribution in [0.3, 0.4) is 0 Å². The SMILES string of the molecule is CS(=O)(=O)N1C[C@H](C(=O)N2CC(=O)Nc3ccccc32)Oc2ccccc21. The van der Waals surface area contributed by atoms with Gasteiger partial charge in [0, 0.05) is 0 Å². The quantitative estimate of drug-likeness (QED) is 0.835. The molecule has 0 aliphatic carbocycles. The molecule has 2 heterocycles. The van der Waals surface area contributed by atoms with Crippen molar-refractivity contribution in [3.63, 3.8) is 0 Å². The number of fused-ring (bicyclic) bond motifs is 2. The van der Waals surface area contributed by atoms with Crippen molar-refractivity contribution >= 4 is 38.9 Å². The van der Waals surface area contributed by atoms with Crippen molar-refractivity contribution in [1.29, 1.82) is 0 Å². The van der Waals surface area contributed by atoms with Crippen LogP contribution in [0.25, 0.3) is 0 Å². The first-order valence-electron chi connectivity index (χ1n) is 8.28. The highest BCUT2D eigenvalue weighted by Gasteiger charge is 2.39. The minimum absolute atomic E-state index is 0.157. The van der Waals surface area contributed by atoms with E-state index in [9.17, 15) is 18.0 Å². The van der Waals surface area contributed by atoms with E-state index in [1.54, 1.807) is 48.5 Å². The molecule has 2 aromatic carbocycles. The van der Waals surface area contributed by atoms with Crippen LogP contribution >= 0.6 is 0 Å². The van der Waals surface area contributed by atoms with Gasteiger partial charge in [0.1, 0.15) is 12.3 Å². The van der Waals surface area contributed by atoms with E-state index in [0.717, 1.165) is 10.6 Å². The molecule has 1 atom stereocenters. The maximum Gasteiger partial charge on any atom is 0.270 e. The molecular formula is C18H17N3O5S. The number of benzene rings is 2. The fourth-order valence-corrected chi connectivity index (χ4v) is 4.16. The van der Waals surface area contributed by atoms with Crippen LogP contribution in [0.15, 0.2) is 48.5 Å². The average molecular weight is 387 g/mol. The molecule has 2 aliphatic heterocycles. The number of anilines is 3. The summed E-state index contributed by atoms with van der Waals surface area (Å²) in [4.78, 5) is 26.5. The Labute approximate surface area is 156 Å². The van der Waals surface area contributed by atoms with Crippen LogP contribution in [0, 0.1) is 0 Å². The molecule has 9 heteroatoms. The molecule has 27 heavy (non-hydrogen) atoms. The Bertz CT molecular complexity index is 1040. The molecular weight excluding hydrogens is 370 g/mol. The van der Waals surface area contributed by atoms with E-state index >= 15 is 0 Å². The van der Waals surface area contributed by atoms with Crippen LogP contribution in [0.5, 0.6) is 5.75 Å². The highest BCUT2D eigenvalue weighted by atomic mass is 32.2. The number of rotatable bonds is 2. The van der Waals surface area contributed by atoms with Crippen LogP contribution in [-0.4, -0.2) is 45.7 Å². The molecule has 0 radical (unpaired) electrons. The van der Waals surface area contributed by atoms with Gasteiger partial charge < -0.3 is 10.1 Å². The highest BCUT2D eigenvalue weighted by molar-refractivity contribution is 7.92. The zero-order valence-corrected chi connectivity index (χ0v) is 15.3. The van der Waals surface area contributed by atoms with Crippen molar-refractivity contribution in [2.75, 3.05) is 33.9 Å². The first-order chi connectivity index (χ1) is 12.8. The lowest BCUT2D eigenvalue weighted by Crippen LogP contribution is -2.54. The van der Waals surface area contributed by atoms with Crippen LogP contribution < -0.4 is 19.3 Å². The van der Waals surface area contributed by atoms with Crippen molar-refractivity contribution in [2.24, 2.45) is 0 Å². The van der Waals surface area contributed by atoms with Gasteiger partial charge in [-0.3, -0.25) is 18.8 Å². The number of ether oxygens (including phenoxy) is 1. The van der Waals surface area contributed by atoms with E-state index in [1.165, 1.54) is 4.90 Å². The molecule has 2 amide bonds. The van der Waals surface area contributed by atoms with Gasteiger partial charge in [-0.05, 0) is 24.3 Å². The summed E-state index contributed by atoms with van der Waals surface area (Å²) in [5.74, 6) is -0.485. The Morgan fingerprint density at radius 3 is 2.52 bits per heavy atom. The van der Waals surface area contributed by atoms with Gasteiger partial charge in [0.15, 0.2) is 6.10 Å². The predicted molar refractivity (Wildman–Crippen MR) is 100 cm³/mol. The Kier molecular flexibility index (Phi) is 4.03. The number of sulfonamides is 1. The van der Waals surface area contributed by atoms with E-state index in [-0.39, 0.29) is 19.0 Å². The number of carbonyl (C=O) groups excluding carboxylic acids is 2. The lowest BCUT2D eigenvalue weighted by Gasteiger charge is -2.37. The molecule has 0 saturated carbocycles. The minimum Gasteiger partial charge on any atom is -0.476 e. The van der Waals surface area contributed by atoms with E-state index in [4.69, 9.17) is 4.74 Å². The summed E-state index contributed by atoms with van der Waals surface area (Å²) in [6.07, 6.45) is 0.0221. The highest BCUT2D eigenvalue weighted by Crippen LogP contribution is 2.36. The summed E-state index contributed by atoms with van der Waals surface area (Å²) in [5, 5.41) is 2.72. The van der Waals surface area contributed by atoms with Crippen molar-refractivity contribution in [1.82, 2.24) is 0 Å². The topological polar surface area (TPSA) is 96.0 Å². The third-order valence-corrected chi connectivity index (χ3v) is 5.59. The number of amides is 2. The third-order valence-electron chi connectivity index (χ3n) is 4.45. The van der Waals surface area contributed by atoms with Gasteiger partial charge >= 0.3 is 0 Å². The number of nitrogens with one attached hydrogen (secondary N) is 1. The van der Waals surface area contributed by atoms with Crippen molar-refractivity contribution < 1.29 is 22.7 Å². The second kappa shape index (κ2) is 6.27. The number of nitrogens with zero attached hydrogens (tertiary/aromatic N) is 2. The van der Waals surface area contributed by atoms with Gasteiger partial charge in [-0.1, -0.05) is 24.3 Å². The Balaban J connectivity index is 1.70. The largest absolute Gasteiger partial charge is 0.476 e. The summed E-state index contributed by atoms with van der Waals surface area (Å²) in [5.41, 5.74) is 1.47. The second-order valence-electron chi connectivity index (χ2n) is 6.36. The van der Waals surface area contributed by atoms with Gasteiger partial charge in [-0.2, -0.15) is 0 Å². The summed E-state index contributed by atoms with van der Waals surface area (Å²) < 4.78 is 31.4. The summed E-state index contributed by atoms with van der Waals surface area (Å²) in [7, 11) is -3.60. The molecule has 0 saturated heterocycles. The van der Waals surface area contributed by atoms with Crippen LogP contribution in [0.1, 0.15) is 0 Å². The zero-order chi connectivity index (χ0) is 19.2. The lowest BCUT2D eigenvalue weighted by molar-refractivity contribution is -0.127. The van der Waals surface area contributed by atoms with E-state index in [0.29, 0.717) is 22.8 Å². The number of hydrogen-bond acceptors (Lipinski definition) is 5. The monoisotopic (exact) mass is 387 g/mol. The van der Waals surface area contributed by atoms with Gasteiger partial charge in [-0.25, -0.2) is 8.42 Å². The molecule has 1 N–H and O–H groups in total. The molecule has 0 spiro atoms. The van der Waals surface area contributed by atoms with Gasteiger partial charge in [0.25, 0.3) is 5.91 Å². The summed E-state index contributed by atoms with van der Waals surface area (Å²) in [6.45, 7) is -0.314. The first kappa shape index (κ1) is 17.3. The van der Waals surface area contributed by atoms with E-state index < -0.39 is 22.0 Å². The normalized spacial score (nSPS) is 18.9. The minimum atomic E-state index is -3.60. The van der Waals surface area contributed by atoms with Gasteiger partial charge in [0.05, 0.1) is 29.9 Å². The molecule has 8 nitrogen and oxygen atoms in total. The lowest BCUT2D eigenvalue weighted by atomic mass is 10.1. The molecule has 0 bridgehead atoms. The molecule has 4 rings (SSSR count). The number of carbonyl (C=O) groups is 2. The van der Waals surface area contributed by atoms with Crippen LogP contribution in [0.4, 0.5) is 17.1 Å². The second-order valence-corrected chi connectivity index (χ2v) is 8.26. The first-order valence-corrected chi connectivity index (χ1v) is 10.1. The molecule has 0 fully saturated rings. The molecule has 140 valence electrons. The maximum atomic E-state index is 13.1. The fourth-order valence-electron chi connectivity index (χ4n) is 3.25. The van der Waals surface area contributed by atoms with Crippen LogP contribution in [0.2, 0.25) is 0 Å². The molecule has 0 unspecified atom stereocenters. The third kappa shape index (κ3) is 3.10. The van der Waals surface area contributed by atoms with Crippen molar-refractivity contribution in [2.45, 2.75) is 6.10 Å². The molecule has 0 aromatic heterocycles. The molecule has 2 aliphatic rings. The van der Waals surface area contributed by atoms with Gasteiger partial charge in [-0.15, -0.1) is 0 Å². The van der Waals surface area contributed by atoms with Crippen LogP contribution in [-0.2, 0) is 19.6 Å². The fraction of sp³-hybridized carbons (Fsp3) is 0.222. The van der Waals surface area contributed by atoms with E-state index in [1.807, 2.05) is 0 Å². The van der Waals surface area contributed by atoms with E-state index in [2.05, 4.69) is 5.32 Å². The average Bonchev–Trinajstić information content (AvgIpc) is 2.65. The predicted octanol–water partition coefficient (Wildman–Crippen LogP) is 1.20. The van der Waals surface area contributed by atoms with Crippen molar-refractivity contribution in [3.8, 4) is 5.75 Å². The Morgan fingerprint density at radius 1 is 1.11 bits per heavy atom. The maximum absolute atomic E-state index is 13.1. The Morgan fingerprint density at radius 2 is 1.78 bits per heavy atom. The van der Waals surface area contributed by atoms with Crippen molar-refractivity contribution in [3.05, 3.63) is 48.5 Å². The summed E-state index contributed by atoms with van der Waals surface area (Å²) >= 11 is 0. The standard InChI is InChI=1S/C18H17N3O5S/c1-27(24,25)21-10-16(26-15-9-5-4-8-14(15)21)18(23)20-11-17(22)19-12-6-2-3-7-13(12)20/h2-9,16H,10-11H2,1H3,(H,19,22)/t16-/m1/s1. The summed E-state index contributed by atoms with van der Waals surface area (Å²) in [6, 6.07) is 13.6. The smallest absolute Gasteiger partial charge is 0.270 e.